The van der Waals surface area contributed by atoms with Gasteiger partial charge in [0, 0.05) is 39.5 Å². The SMILES string of the molecule is CC(CSCc1cnccc1SC1=C(C(=O)O)N2C(=O)[C@@H](NC(=O)C(N=O)c3nc(N)sc3Cl)[C@@H]2SC1)N=CN. The first-order valence-electron chi connectivity index (χ1n) is 11.5. The first kappa shape index (κ1) is 30.1. The maximum Gasteiger partial charge on any atom is 0.353 e. The molecule has 2 amide bonds. The number of β-lactam (4-membered cyclic amide) rings is 1. The van der Waals surface area contributed by atoms with Crippen LogP contribution in [-0.4, -0.2) is 73.1 Å². The third kappa shape index (κ3) is 6.38. The lowest BCUT2D eigenvalue weighted by atomic mass is 10.0. The van der Waals surface area contributed by atoms with Crippen LogP contribution in [0.25, 0.3) is 0 Å². The van der Waals surface area contributed by atoms with Crippen molar-refractivity contribution in [1.29, 1.82) is 0 Å². The molecule has 0 radical (unpaired) electrons. The molecule has 212 valence electrons. The Hall–Kier alpha value is -2.86. The highest BCUT2D eigenvalue weighted by Crippen LogP contribution is 2.46. The van der Waals surface area contributed by atoms with Crippen molar-refractivity contribution in [2.75, 3.05) is 17.2 Å². The topological polar surface area (TPSA) is 206 Å². The molecule has 1 saturated heterocycles. The molecule has 13 nitrogen and oxygen atoms in total. The van der Waals surface area contributed by atoms with Gasteiger partial charge in [-0.1, -0.05) is 34.7 Å². The number of carboxylic acid groups (broad SMARTS) is 1. The Morgan fingerprint density at radius 2 is 2.23 bits per heavy atom. The number of halogens is 1. The molecule has 1 fully saturated rings. The molecule has 2 aliphatic rings. The van der Waals surface area contributed by atoms with E-state index in [9.17, 15) is 24.4 Å². The van der Waals surface area contributed by atoms with E-state index >= 15 is 0 Å². The van der Waals surface area contributed by atoms with E-state index in [1.165, 1.54) is 29.9 Å². The number of carbonyl (C=O) groups is 3. The maximum absolute atomic E-state index is 13.1. The summed E-state index contributed by atoms with van der Waals surface area (Å²) in [5.74, 6) is -1.11. The molecule has 2 unspecified atom stereocenters. The van der Waals surface area contributed by atoms with Gasteiger partial charge in [-0.15, -0.1) is 16.7 Å². The van der Waals surface area contributed by atoms with Gasteiger partial charge in [0.05, 0.1) is 12.4 Å². The zero-order chi connectivity index (χ0) is 29.0. The fourth-order valence-electron chi connectivity index (χ4n) is 3.91. The van der Waals surface area contributed by atoms with E-state index in [4.69, 9.17) is 23.1 Å². The molecular formula is C22H23ClN8O5S4. The summed E-state index contributed by atoms with van der Waals surface area (Å²) in [5, 5.41) is 14.7. The Kier molecular flexibility index (Phi) is 9.94. The van der Waals surface area contributed by atoms with Crippen molar-refractivity contribution in [2.24, 2.45) is 15.9 Å². The average molecular weight is 643 g/mol. The summed E-state index contributed by atoms with van der Waals surface area (Å²) in [7, 11) is 0. The van der Waals surface area contributed by atoms with Gasteiger partial charge < -0.3 is 21.9 Å². The Bertz CT molecular complexity index is 1390. The zero-order valence-electron chi connectivity index (χ0n) is 20.7. The summed E-state index contributed by atoms with van der Waals surface area (Å²) in [6.07, 6.45) is 4.63. The number of pyridine rings is 1. The van der Waals surface area contributed by atoms with Crippen molar-refractivity contribution in [3.8, 4) is 0 Å². The lowest BCUT2D eigenvalue weighted by Crippen LogP contribution is -2.70. The minimum atomic E-state index is -1.61. The fraction of sp³-hybridized carbons (Fsp3) is 0.364. The van der Waals surface area contributed by atoms with Gasteiger partial charge >= 0.3 is 5.97 Å². The number of rotatable bonds is 12. The number of nitrogens with zero attached hydrogens (tertiary/aromatic N) is 5. The number of nitrogen functional groups attached to an aromatic ring is 1. The minimum absolute atomic E-state index is 0.0380. The molecule has 0 saturated carbocycles. The molecular weight excluding hydrogens is 620 g/mol. The quantitative estimate of drug-likeness (QED) is 0.114. The predicted octanol–water partition coefficient (Wildman–Crippen LogP) is 2.68. The number of carbonyl (C=O) groups excluding carboxylic acids is 2. The summed E-state index contributed by atoms with van der Waals surface area (Å²) in [4.78, 5) is 64.3. The number of nitroso groups, excluding NO2 is 1. The van der Waals surface area contributed by atoms with Crippen molar-refractivity contribution < 1.29 is 19.5 Å². The Labute approximate surface area is 250 Å². The standard InChI is InChI=1S/C22H23ClN8O5S4/c1-9(27-8-24)5-37-6-10-4-26-3-2-11(10)39-12-7-38-20-15(19(33)31(20)16(12)21(34)35)28-18(32)14(30-36)13-17(23)40-22(25)29-13/h2-4,8-9,14-15,20H,5-7H2,1H3,(H2,24,27)(H2,25,29)(H,28,32)(H,34,35)/t9?,14?,15-,20+/m1/s1. The maximum atomic E-state index is 13.1. The molecule has 4 atom stereocenters. The number of anilines is 1. The van der Waals surface area contributed by atoms with E-state index in [0.717, 1.165) is 32.4 Å². The number of hydrogen-bond donors (Lipinski definition) is 4. The largest absolute Gasteiger partial charge is 0.477 e. The molecule has 4 rings (SSSR count). The number of carboxylic acids is 1. The van der Waals surface area contributed by atoms with Crippen molar-refractivity contribution in [3.63, 3.8) is 0 Å². The second kappa shape index (κ2) is 13.2. The number of thiazole rings is 1. The molecule has 0 bridgehead atoms. The summed E-state index contributed by atoms with van der Waals surface area (Å²) in [5.41, 5.74) is 11.6. The van der Waals surface area contributed by atoms with Crippen molar-refractivity contribution in [3.05, 3.63) is 49.6 Å². The highest BCUT2D eigenvalue weighted by atomic mass is 35.5. The molecule has 2 aromatic rings. The Morgan fingerprint density at radius 1 is 1.45 bits per heavy atom. The Balaban J connectivity index is 1.48. The third-order valence-corrected chi connectivity index (χ3v) is 10.7. The summed E-state index contributed by atoms with van der Waals surface area (Å²) < 4.78 is 0.0380. The second-order valence-electron chi connectivity index (χ2n) is 8.44. The van der Waals surface area contributed by atoms with Gasteiger partial charge in [0.1, 0.15) is 27.1 Å². The van der Waals surface area contributed by atoms with Crippen LogP contribution in [0.3, 0.4) is 0 Å². The Morgan fingerprint density at radius 3 is 2.88 bits per heavy atom. The number of fused-ring (bicyclic) bond motifs is 1. The second-order valence-corrected chi connectivity index (χ2v) is 13.3. The minimum Gasteiger partial charge on any atom is -0.477 e. The zero-order valence-corrected chi connectivity index (χ0v) is 24.7. The normalized spacial score (nSPS) is 20.1. The molecule has 0 spiro atoms. The number of aromatic nitrogens is 2. The number of aliphatic carboxylic acids is 1. The molecule has 2 aliphatic heterocycles. The van der Waals surface area contributed by atoms with E-state index in [1.54, 1.807) is 30.2 Å². The van der Waals surface area contributed by atoms with Crippen molar-refractivity contribution in [2.45, 2.75) is 41.1 Å². The smallest absolute Gasteiger partial charge is 0.353 e. The number of amides is 2. The lowest BCUT2D eigenvalue weighted by molar-refractivity contribution is -0.150. The lowest BCUT2D eigenvalue weighted by Gasteiger charge is -2.49. The van der Waals surface area contributed by atoms with Crippen LogP contribution < -0.4 is 16.8 Å². The number of nitrogens with one attached hydrogen (secondary N) is 1. The van der Waals surface area contributed by atoms with Crippen LogP contribution in [0.5, 0.6) is 0 Å². The van der Waals surface area contributed by atoms with Gasteiger partial charge in [0.15, 0.2) is 5.13 Å². The first-order chi connectivity index (χ1) is 19.2. The van der Waals surface area contributed by atoms with E-state index in [1.807, 2.05) is 6.92 Å². The highest BCUT2D eigenvalue weighted by Gasteiger charge is 2.55. The molecule has 18 heteroatoms. The van der Waals surface area contributed by atoms with Gasteiger partial charge in [-0.2, -0.15) is 11.8 Å². The van der Waals surface area contributed by atoms with Crippen molar-refractivity contribution >= 4 is 87.5 Å². The molecule has 40 heavy (non-hydrogen) atoms. The summed E-state index contributed by atoms with van der Waals surface area (Å²) in [6.45, 7) is 1.95. The van der Waals surface area contributed by atoms with E-state index in [-0.39, 0.29) is 32.7 Å². The van der Waals surface area contributed by atoms with Gasteiger partial charge in [-0.05, 0) is 23.7 Å². The predicted molar refractivity (Wildman–Crippen MR) is 158 cm³/mol. The van der Waals surface area contributed by atoms with Gasteiger partial charge in [0.25, 0.3) is 11.8 Å². The molecule has 0 aromatic carbocycles. The van der Waals surface area contributed by atoms with Crippen LogP contribution in [0, 0.1) is 4.91 Å². The van der Waals surface area contributed by atoms with Crippen LogP contribution in [-0.2, 0) is 20.1 Å². The molecule has 4 heterocycles. The van der Waals surface area contributed by atoms with Crippen LogP contribution >= 0.6 is 58.2 Å². The number of hydrogen-bond acceptors (Lipinski definition) is 13. The first-order valence-corrected chi connectivity index (χ1v) is 15.7. The fourth-order valence-corrected chi connectivity index (χ4v) is 8.53. The van der Waals surface area contributed by atoms with Gasteiger partial charge in [-0.3, -0.25) is 24.5 Å². The highest BCUT2D eigenvalue weighted by molar-refractivity contribution is 8.06. The number of thioether (sulfide) groups is 3. The van der Waals surface area contributed by atoms with Gasteiger partial charge in [-0.25, -0.2) is 9.78 Å². The number of nitrogens with two attached hydrogens (primary N) is 2. The number of aliphatic imine (C=N–C) groups is 1. The van der Waals surface area contributed by atoms with E-state index in [0.29, 0.717) is 10.7 Å². The van der Waals surface area contributed by atoms with E-state index in [2.05, 4.69) is 25.5 Å². The molecule has 6 N–H and O–H groups in total. The monoisotopic (exact) mass is 642 g/mol. The molecule has 2 aromatic heterocycles. The third-order valence-electron chi connectivity index (χ3n) is 5.72. The van der Waals surface area contributed by atoms with Crippen LogP contribution in [0.1, 0.15) is 24.2 Å². The average Bonchev–Trinajstić information content (AvgIpc) is 3.25. The van der Waals surface area contributed by atoms with E-state index < -0.39 is 35.2 Å². The summed E-state index contributed by atoms with van der Waals surface area (Å²) in [6, 6.07) is -0.806. The van der Waals surface area contributed by atoms with Gasteiger partial charge in [0.2, 0.25) is 6.04 Å². The van der Waals surface area contributed by atoms with Crippen molar-refractivity contribution in [1.82, 2.24) is 20.2 Å². The van der Waals surface area contributed by atoms with Crippen LogP contribution in [0.2, 0.25) is 4.34 Å². The van der Waals surface area contributed by atoms with Crippen LogP contribution in [0.4, 0.5) is 5.13 Å². The van der Waals surface area contributed by atoms with Crippen LogP contribution in [0.15, 0.2) is 44.1 Å². The summed E-state index contributed by atoms with van der Waals surface area (Å²) >= 11 is 11.1. The molecule has 0 aliphatic carbocycles.